The zero-order chi connectivity index (χ0) is 28.2. The van der Waals surface area contributed by atoms with Gasteiger partial charge in [-0.25, -0.2) is 0 Å². The Morgan fingerprint density at radius 2 is 1.56 bits per heavy atom. The third-order valence-corrected chi connectivity index (χ3v) is 7.13. The maximum Gasteiger partial charge on any atom is 0.417 e. The Kier molecular flexibility index (Phi) is 8.59. The number of nitriles is 1. The molecule has 1 saturated carbocycles. The summed E-state index contributed by atoms with van der Waals surface area (Å²) >= 11 is 0. The number of benzene rings is 2. The summed E-state index contributed by atoms with van der Waals surface area (Å²) in [4.78, 5) is 16.3. The minimum absolute atomic E-state index is 0.0483. The number of anilines is 2. The molecule has 1 N–H and O–H groups in total. The molecular weight excluding hydrogens is 526 g/mol. The van der Waals surface area contributed by atoms with Crippen molar-refractivity contribution < 1.29 is 35.9 Å². The molecule has 1 aliphatic carbocycles. The molecule has 0 aromatic heterocycles. The largest absolute Gasteiger partial charge is 0.417 e. The van der Waals surface area contributed by atoms with Crippen LogP contribution in [0.4, 0.5) is 37.7 Å². The van der Waals surface area contributed by atoms with Crippen molar-refractivity contribution in [2.45, 2.75) is 50.2 Å². The van der Waals surface area contributed by atoms with Crippen LogP contribution >= 0.6 is 0 Å². The number of nitrogens with one attached hydrogen (secondary N) is 1. The first-order chi connectivity index (χ1) is 18.4. The zero-order valence-electron chi connectivity index (χ0n) is 21.0. The Hall–Kier alpha value is -3.46. The predicted octanol–water partition coefficient (Wildman–Crippen LogP) is 5.68. The first-order valence-corrected chi connectivity index (χ1v) is 12.6. The van der Waals surface area contributed by atoms with E-state index in [0.717, 1.165) is 24.3 Å². The molecule has 1 saturated heterocycles. The molecule has 39 heavy (non-hydrogen) atoms. The summed E-state index contributed by atoms with van der Waals surface area (Å²) in [5.74, 6) is -0.153. The third kappa shape index (κ3) is 7.35. The lowest BCUT2D eigenvalue weighted by Crippen LogP contribution is -2.50. The maximum atomic E-state index is 13.2. The van der Waals surface area contributed by atoms with E-state index in [2.05, 4.69) is 5.32 Å². The highest BCUT2D eigenvalue weighted by atomic mass is 19.4. The summed E-state index contributed by atoms with van der Waals surface area (Å²) in [6.07, 6.45) is -6.52. The average Bonchev–Trinajstić information content (AvgIpc) is 2.91. The van der Waals surface area contributed by atoms with Gasteiger partial charge in [-0.2, -0.15) is 31.6 Å². The minimum Gasteiger partial charge on any atom is -0.382 e. The van der Waals surface area contributed by atoms with Crippen LogP contribution in [0.15, 0.2) is 42.5 Å². The van der Waals surface area contributed by atoms with E-state index >= 15 is 0 Å². The second kappa shape index (κ2) is 11.7. The SMILES string of the molecule is N#Cc1ccc(NC2CCC(OCC(=O)N3CCN(c4ccc(C(F)(F)F)cc4)CC3)CC2)cc1C(F)(F)F. The van der Waals surface area contributed by atoms with Crippen LogP contribution in [0.25, 0.3) is 0 Å². The van der Waals surface area contributed by atoms with Gasteiger partial charge in [0.1, 0.15) is 6.61 Å². The molecule has 2 aromatic carbocycles. The number of nitrogens with zero attached hydrogens (tertiary/aromatic N) is 3. The van der Waals surface area contributed by atoms with Crippen molar-refractivity contribution in [1.82, 2.24) is 4.90 Å². The molecule has 1 heterocycles. The standard InChI is InChI=1S/C27H28F6N4O2/c28-26(29,30)19-2-7-22(8-3-19)36-11-13-37(14-12-36)25(38)17-39-23-9-5-20(6-10-23)35-21-4-1-18(16-34)24(15-21)27(31,32)33/h1-4,7-8,15,20,23,35H,5-6,9-14,17H2. The Morgan fingerprint density at radius 3 is 2.13 bits per heavy atom. The predicted molar refractivity (Wildman–Crippen MR) is 132 cm³/mol. The Bertz CT molecular complexity index is 1180. The zero-order valence-corrected chi connectivity index (χ0v) is 21.0. The van der Waals surface area contributed by atoms with Crippen LogP contribution in [0.3, 0.4) is 0 Å². The number of alkyl halides is 6. The van der Waals surface area contributed by atoms with Gasteiger partial charge in [-0.1, -0.05) is 0 Å². The highest BCUT2D eigenvalue weighted by Crippen LogP contribution is 2.34. The number of piperazine rings is 1. The smallest absolute Gasteiger partial charge is 0.382 e. The maximum absolute atomic E-state index is 13.2. The lowest BCUT2D eigenvalue weighted by Gasteiger charge is -2.36. The summed E-state index contributed by atoms with van der Waals surface area (Å²) in [6, 6.07) is 10.1. The van der Waals surface area contributed by atoms with Crippen LogP contribution in [0.5, 0.6) is 0 Å². The van der Waals surface area contributed by atoms with E-state index in [1.807, 2.05) is 4.90 Å². The van der Waals surface area contributed by atoms with E-state index in [4.69, 9.17) is 10.00 Å². The number of hydrogen-bond donors (Lipinski definition) is 1. The second-order valence-electron chi connectivity index (χ2n) is 9.71. The molecule has 0 unspecified atom stereocenters. The Morgan fingerprint density at radius 1 is 0.923 bits per heavy atom. The number of amides is 1. The van der Waals surface area contributed by atoms with E-state index < -0.39 is 29.0 Å². The van der Waals surface area contributed by atoms with E-state index in [-0.39, 0.29) is 24.7 Å². The number of carbonyl (C=O) groups excluding carboxylic acids is 1. The van der Waals surface area contributed by atoms with Gasteiger partial charge in [-0.15, -0.1) is 0 Å². The van der Waals surface area contributed by atoms with Crippen LogP contribution in [-0.2, 0) is 21.9 Å². The quantitative estimate of drug-likeness (QED) is 0.465. The van der Waals surface area contributed by atoms with Crippen molar-refractivity contribution in [2.75, 3.05) is 43.0 Å². The summed E-state index contributed by atoms with van der Waals surface area (Å²) in [5.41, 5.74) is -1.11. The van der Waals surface area contributed by atoms with Crippen molar-refractivity contribution in [1.29, 1.82) is 5.26 Å². The highest BCUT2D eigenvalue weighted by Gasteiger charge is 2.34. The molecule has 0 radical (unpaired) electrons. The van der Waals surface area contributed by atoms with Gasteiger partial charge in [0, 0.05) is 43.6 Å². The average molecular weight is 555 g/mol. The fourth-order valence-corrected chi connectivity index (χ4v) is 4.93. The number of hydrogen-bond acceptors (Lipinski definition) is 5. The van der Waals surface area contributed by atoms with Gasteiger partial charge in [-0.05, 0) is 68.1 Å². The first-order valence-electron chi connectivity index (χ1n) is 12.6. The molecular formula is C27H28F6N4O2. The van der Waals surface area contributed by atoms with Gasteiger partial charge < -0.3 is 19.9 Å². The van der Waals surface area contributed by atoms with Crippen molar-refractivity contribution in [3.63, 3.8) is 0 Å². The van der Waals surface area contributed by atoms with Crippen molar-refractivity contribution in [3.05, 3.63) is 59.2 Å². The fraction of sp³-hybridized carbons (Fsp3) is 0.481. The van der Waals surface area contributed by atoms with E-state index in [1.54, 1.807) is 11.0 Å². The summed E-state index contributed by atoms with van der Waals surface area (Å²) in [7, 11) is 0. The van der Waals surface area contributed by atoms with Gasteiger partial charge in [0.2, 0.25) is 5.91 Å². The third-order valence-electron chi connectivity index (χ3n) is 7.13. The molecule has 2 fully saturated rings. The lowest BCUT2D eigenvalue weighted by atomic mass is 9.92. The van der Waals surface area contributed by atoms with Crippen molar-refractivity contribution in [3.8, 4) is 6.07 Å². The molecule has 2 aromatic rings. The Balaban J connectivity index is 1.18. The lowest BCUT2D eigenvalue weighted by molar-refractivity contribution is -0.139. The monoisotopic (exact) mass is 554 g/mol. The van der Waals surface area contributed by atoms with Crippen LogP contribution in [0.1, 0.15) is 42.4 Å². The minimum atomic E-state index is -4.62. The van der Waals surface area contributed by atoms with Gasteiger partial charge in [0.05, 0.1) is 28.9 Å². The van der Waals surface area contributed by atoms with E-state index in [1.165, 1.54) is 18.2 Å². The number of rotatable bonds is 6. The molecule has 2 aliphatic rings. The van der Waals surface area contributed by atoms with Gasteiger partial charge in [0.15, 0.2) is 0 Å². The van der Waals surface area contributed by atoms with Crippen LogP contribution in [0.2, 0.25) is 0 Å². The van der Waals surface area contributed by atoms with Crippen LogP contribution in [0, 0.1) is 11.3 Å². The molecule has 12 heteroatoms. The molecule has 4 rings (SSSR count). The molecule has 210 valence electrons. The van der Waals surface area contributed by atoms with Gasteiger partial charge >= 0.3 is 12.4 Å². The first kappa shape index (κ1) is 28.5. The Labute approximate surface area is 222 Å². The fourth-order valence-electron chi connectivity index (χ4n) is 4.93. The molecule has 0 spiro atoms. The normalized spacial score (nSPS) is 20.4. The van der Waals surface area contributed by atoms with Gasteiger partial charge in [0.25, 0.3) is 0 Å². The number of ether oxygens (including phenoxy) is 1. The van der Waals surface area contributed by atoms with E-state index in [9.17, 15) is 31.1 Å². The summed E-state index contributed by atoms with van der Waals surface area (Å²) in [5, 5.41) is 12.1. The molecule has 1 amide bonds. The van der Waals surface area contributed by atoms with Gasteiger partial charge in [-0.3, -0.25) is 4.79 Å². The second-order valence-corrected chi connectivity index (χ2v) is 9.71. The topological polar surface area (TPSA) is 68.6 Å². The highest BCUT2D eigenvalue weighted by molar-refractivity contribution is 5.77. The molecule has 1 aliphatic heterocycles. The van der Waals surface area contributed by atoms with Crippen LogP contribution < -0.4 is 10.2 Å². The number of carbonyl (C=O) groups is 1. The van der Waals surface area contributed by atoms with Crippen molar-refractivity contribution >= 4 is 17.3 Å². The molecule has 0 atom stereocenters. The summed E-state index contributed by atoms with van der Waals surface area (Å²) in [6.45, 7) is 1.79. The van der Waals surface area contributed by atoms with E-state index in [0.29, 0.717) is 63.2 Å². The summed E-state index contributed by atoms with van der Waals surface area (Å²) < 4.78 is 83.8. The molecule has 0 bridgehead atoms. The van der Waals surface area contributed by atoms with Crippen LogP contribution in [-0.4, -0.2) is 55.7 Å². The number of halogens is 6. The van der Waals surface area contributed by atoms with Crippen molar-refractivity contribution in [2.24, 2.45) is 0 Å². The molecule has 6 nitrogen and oxygen atoms in total.